The lowest BCUT2D eigenvalue weighted by Gasteiger charge is -2.08. The van der Waals surface area contributed by atoms with Gasteiger partial charge in [0.25, 0.3) is 5.69 Å². The van der Waals surface area contributed by atoms with Crippen LogP contribution in [0.3, 0.4) is 0 Å². The van der Waals surface area contributed by atoms with Gasteiger partial charge in [-0.1, -0.05) is 18.2 Å². The fourth-order valence-corrected chi connectivity index (χ4v) is 1.60. The molecule has 0 aliphatic carbocycles. The molecule has 0 heterocycles. The predicted octanol–water partition coefficient (Wildman–Crippen LogP) is 2.31. The number of halogens is 1. The van der Waals surface area contributed by atoms with E-state index in [1.54, 1.807) is 25.1 Å². The number of nitrogens with zero attached hydrogens (tertiary/aromatic N) is 1. The van der Waals surface area contributed by atoms with Crippen molar-refractivity contribution in [1.29, 1.82) is 0 Å². The minimum Gasteiger partial charge on any atom is -0.465 e. The first kappa shape index (κ1) is 13.4. The van der Waals surface area contributed by atoms with Gasteiger partial charge in [-0.15, -0.1) is 11.6 Å². The van der Waals surface area contributed by atoms with E-state index < -0.39 is 16.3 Å². The van der Waals surface area contributed by atoms with Gasteiger partial charge >= 0.3 is 5.97 Å². The number of carbonyl (C=O) groups is 1. The van der Waals surface area contributed by atoms with Crippen LogP contribution in [0.25, 0.3) is 0 Å². The van der Waals surface area contributed by atoms with Crippen LogP contribution in [0, 0.1) is 10.1 Å². The number of benzene rings is 1. The van der Waals surface area contributed by atoms with Crippen LogP contribution >= 0.6 is 11.6 Å². The standard InChI is InChI=1S/C11H12ClNO4/c1-2-17-11(14)9(12)7-8-5-3-4-6-10(8)13(15)16/h3-6,9H,2,7H2,1H3. The maximum absolute atomic E-state index is 11.3. The molecule has 0 saturated heterocycles. The number of ether oxygens (including phenoxy) is 1. The summed E-state index contributed by atoms with van der Waals surface area (Å²) in [4.78, 5) is 21.6. The maximum atomic E-state index is 11.3. The second-order valence-electron chi connectivity index (χ2n) is 3.31. The number of para-hydroxylation sites is 1. The molecule has 0 aliphatic rings. The number of nitro benzene ring substituents is 1. The first-order chi connectivity index (χ1) is 8.06. The molecular weight excluding hydrogens is 246 g/mol. The summed E-state index contributed by atoms with van der Waals surface area (Å²) >= 11 is 5.82. The number of rotatable bonds is 5. The van der Waals surface area contributed by atoms with Crippen LogP contribution in [0.4, 0.5) is 5.69 Å². The first-order valence-corrected chi connectivity index (χ1v) is 5.53. The van der Waals surface area contributed by atoms with Gasteiger partial charge in [0.15, 0.2) is 0 Å². The van der Waals surface area contributed by atoms with Crippen molar-refractivity contribution < 1.29 is 14.5 Å². The molecular formula is C11H12ClNO4. The monoisotopic (exact) mass is 257 g/mol. The van der Waals surface area contributed by atoms with E-state index in [-0.39, 0.29) is 18.7 Å². The molecule has 1 unspecified atom stereocenters. The second-order valence-corrected chi connectivity index (χ2v) is 3.84. The van der Waals surface area contributed by atoms with E-state index in [2.05, 4.69) is 0 Å². The van der Waals surface area contributed by atoms with E-state index in [9.17, 15) is 14.9 Å². The summed E-state index contributed by atoms with van der Waals surface area (Å²) in [7, 11) is 0. The van der Waals surface area contributed by atoms with Gasteiger partial charge in [0, 0.05) is 18.1 Å². The van der Waals surface area contributed by atoms with Gasteiger partial charge in [0.05, 0.1) is 11.5 Å². The normalized spacial score (nSPS) is 11.9. The van der Waals surface area contributed by atoms with Crippen molar-refractivity contribution in [1.82, 2.24) is 0 Å². The van der Waals surface area contributed by atoms with Crippen molar-refractivity contribution in [3.63, 3.8) is 0 Å². The molecule has 0 saturated carbocycles. The van der Waals surface area contributed by atoms with E-state index in [0.717, 1.165) is 0 Å². The highest BCUT2D eigenvalue weighted by molar-refractivity contribution is 6.30. The highest BCUT2D eigenvalue weighted by Gasteiger charge is 2.21. The lowest BCUT2D eigenvalue weighted by atomic mass is 10.1. The highest BCUT2D eigenvalue weighted by atomic mass is 35.5. The van der Waals surface area contributed by atoms with Crippen LogP contribution in [0.5, 0.6) is 0 Å². The highest BCUT2D eigenvalue weighted by Crippen LogP contribution is 2.21. The molecule has 0 radical (unpaired) electrons. The van der Waals surface area contributed by atoms with Crippen LogP contribution < -0.4 is 0 Å². The van der Waals surface area contributed by atoms with Crippen LogP contribution in [-0.4, -0.2) is 22.9 Å². The molecule has 0 amide bonds. The summed E-state index contributed by atoms with van der Waals surface area (Å²) in [6, 6.07) is 6.18. The molecule has 92 valence electrons. The fraction of sp³-hybridized carbons (Fsp3) is 0.364. The molecule has 0 spiro atoms. The molecule has 1 rings (SSSR count). The van der Waals surface area contributed by atoms with Gasteiger partial charge in [0.2, 0.25) is 0 Å². The van der Waals surface area contributed by atoms with E-state index in [1.807, 2.05) is 0 Å². The third-order valence-corrected chi connectivity index (χ3v) is 2.46. The Kier molecular flexibility index (Phi) is 4.90. The van der Waals surface area contributed by atoms with Gasteiger partial charge in [-0.2, -0.15) is 0 Å². The van der Waals surface area contributed by atoms with Gasteiger partial charge in [0.1, 0.15) is 5.38 Å². The van der Waals surface area contributed by atoms with E-state index in [0.29, 0.717) is 5.56 Å². The fourth-order valence-electron chi connectivity index (χ4n) is 1.37. The average molecular weight is 258 g/mol. The maximum Gasteiger partial charge on any atom is 0.324 e. The molecule has 1 aromatic carbocycles. The van der Waals surface area contributed by atoms with Crippen molar-refractivity contribution in [3.05, 3.63) is 39.9 Å². The molecule has 1 aromatic rings. The number of carbonyl (C=O) groups excluding carboxylic acids is 1. The molecule has 6 heteroatoms. The number of esters is 1. The number of nitro groups is 1. The van der Waals surface area contributed by atoms with Crippen molar-refractivity contribution in [3.8, 4) is 0 Å². The zero-order chi connectivity index (χ0) is 12.8. The van der Waals surface area contributed by atoms with E-state index in [4.69, 9.17) is 16.3 Å². The quantitative estimate of drug-likeness (QED) is 0.351. The summed E-state index contributed by atoms with van der Waals surface area (Å²) in [6.45, 7) is 1.91. The Balaban J connectivity index is 2.81. The summed E-state index contributed by atoms with van der Waals surface area (Å²) in [5.41, 5.74) is 0.382. The zero-order valence-electron chi connectivity index (χ0n) is 9.26. The van der Waals surface area contributed by atoms with Gasteiger partial charge < -0.3 is 4.74 Å². The lowest BCUT2D eigenvalue weighted by Crippen LogP contribution is -2.20. The van der Waals surface area contributed by atoms with Crippen LogP contribution in [0.2, 0.25) is 0 Å². The van der Waals surface area contributed by atoms with Crippen molar-refractivity contribution in [2.75, 3.05) is 6.61 Å². The summed E-state index contributed by atoms with van der Waals surface area (Å²) in [5.74, 6) is -0.563. The largest absolute Gasteiger partial charge is 0.465 e. The Hall–Kier alpha value is -1.62. The third-order valence-electron chi connectivity index (χ3n) is 2.13. The first-order valence-electron chi connectivity index (χ1n) is 5.09. The third kappa shape index (κ3) is 3.71. The van der Waals surface area contributed by atoms with Crippen LogP contribution in [-0.2, 0) is 16.0 Å². The zero-order valence-corrected chi connectivity index (χ0v) is 10.0. The molecule has 0 aliphatic heterocycles. The topological polar surface area (TPSA) is 69.4 Å². The summed E-state index contributed by atoms with van der Waals surface area (Å²) in [6.07, 6.45) is 0.0809. The SMILES string of the molecule is CCOC(=O)C(Cl)Cc1ccccc1[N+](=O)[O-]. The van der Waals surface area contributed by atoms with Gasteiger partial charge in [-0.05, 0) is 6.92 Å². The predicted molar refractivity (Wildman–Crippen MR) is 63.1 cm³/mol. The summed E-state index contributed by atoms with van der Waals surface area (Å²) < 4.78 is 4.74. The number of hydrogen-bond acceptors (Lipinski definition) is 4. The molecule has 0 N–H and O–H groups in total. The minimum atomic E-state index is -0.906. The van der Waals surface area contributed by atoms with E-state index in [1.165, 1.54) is 6.07 Å². The molecule has 0 aromatic heterocycles. The Labute approximate surface area is 103 Å². The van der Waals surface area contributed by atoms with E-state index >= 15 is 0 Å². The summed E-state index contributed by atoms with van der Waals surface area (Å²) in [5, 5.41) is 9.84. The molecule has 5 nitrogen and oxygen atoms in total. The second kappa shape index (κ2) is 6.20. The minimum absolute atomic E-state index is 0.0394. The Bertz CT molecular complexity index is 422. The van der Waals surface area contributed by atoms with Crippen LogP contribution in [0.15, 0.2) is 24.3 Å². The number of hydrogen-bond donors (Lipinski definition) is 0. The molecule has 1 atom stereocenters. The Morgan fingerprint density at radius 2 is 2.18 bits per heavy atom. The average Bonchev–Trinajstić information content (AvgIpc) is 2.29. The Morgan fingerprint density at radius 1 is 1.53 bits per heavy atom. The van der Waals surface area contributed by atoms with Crippen molar-refractivity contribution in [2.24, 2.45) is 0 Å². The number of alkyl halides is 1. The molecule has 0 fully saturated rings. The van der Waals surface area contributed by atoms with Gasteiger partial charge in [-0.3, -0.25) is 14.9 Å². The van der Waals surface area contributed by atoms with Crippen molar-refractivity contribution >= 4 is 23.3 Å². The van der Waals surface area contributed by atoms with Crippen LogP contribution in [0.1, 0.15) is 12.5 Å². The lowest BCUT2D eigenvalue weighted by molar-refractivity contribution is -0.385. The Morgan fingerprint density at radius 3 is 2.76 bits per heavy atom. The van der Waals surface area contributed by atoms with Crippen molar-refractivity contribution in [2.45, 2.75) is 18.7 Å². The smallest absolute Gasteiger partial charge is 0.324 e. The molecule has 0 bridgehead atoms. The van der Waals surface area contributed by atoms with Gasteiger partial charge in [-0.25, -0.2) is 0 Å². The molecule has 17 heavy (non-hydrogen) atoms.